The predicted molar refractivity (Wildman–Crippen MR) is 157 cm³/mol. The van der Waals surface area contributed by atoms with E-state index in [0.717, 1.165) is 39.6 Å². The summed E-state index contributed by atoms with van der Waals surface area (Å²) >= 11 is 0. The number of ether oxygens (including phenoxy) is 3. The Morgan fingerprint density at radius 1 is 0.326 bits per heavy atom. The van der Waals surface area contributed by atoms with Gasteiger partial charge in [-0.05, 0) is 38.5 Å². The van der Waals surface area contributed by atoms with Crippen LogP contribution in [0, 0.1) is 21.7 Å². The molecular formula is C32H68Li4O7. The first-order valence-electron chi connectivity index (χ1n) is 14.8. The molecule has 0 aliphatic carbocycles. The van der Waals surface area contributed by atoms with E-state index in [1.54, 1.807) is 0 Å². The Balaban J connectivity index is -0.0000000546. The second kappa shape index (κ2) is 40.3. The fourth-order valence-corrected chi connectivity index (χ4v) is 1.53. The van der Waals surface area contributed by atoms with Crippen LogP contribution >= 0.6 is 0 Å². The number of hydrogen-bond acceptors (Lipinski definition) is 7. The van der Waals surface area contributed by atoms with E-state index in [0.29, 0.717) is 0 Å². The van der Waals surface area contributed by atoms with Gasteiger partial charge in [0, 0.05) is 39.6 Å². The van der Waals surface area contributed by atoms with Gasteiger partial charge in [0.05, 0.1) is 0 Å². The molecule has 11 heteroatoms. The van der Waals surface area contributed by atoms with Gasteiger partial charge in [0.25, 0.3) is 0 Å². The van der Waals surface area contributed by atoms with E-state index in [1.165, 1.54) is 38.5 Å². The second-order valence-electron chi connectivity index (χ2n) is 14.8. The summed E-state index contributed by atoms with van der Waals surface area (Å²) in [5, 5.41) is 39.8. The molecule has 0 N–H and O–H groups in total. The van der Waals surface area contributed by atoms with E-state index in [-0.39, 0.29) is 124 Å². The van der Waals surface area contributed by atoms with E-state index in [1.807, 2.05) is 83.1 Å². The molecule has 0 saturated carbocycles. The summed E-state index contributed by atoms with van der Waals surface area (Å²) in [6.07, 6.45) is 7.67. The third-order valence-corrected chi connectivity index (χ3v) is 4.21. The molecule has 0 atom stereocenters. The number of rotatable bonds is 0. The Bertz CT molecular complexity index is 360. The van der Waals surface area contributed by atoms with Crippen LogP contribution in [0.2, 0.25) is 0 Å². The molecule has 43 heavy (non-hydrogen) atoms. The van der Waals surface area contributed by atoms with E-state index >= 15 is 0 Å². The molecule has 3 rings (SSSR count). The van der Waals surface area contributed by atoms with Gasteiger partial charge >= 0.3 is 75.4 Å². The van der Waals surface area contributed by atoms with Crippen LogP contribution in [-0.2, 0) is 14.2 Å². The van der Waals surface area contributed by atoms with Crippen LogP contribution in [0.15, 0.2) is 0 Å². The summed E-state index contributed by atoms with van der Waals surface area (Å²) < 4.78 is 14.8. The summed E-state index contributed by atoms with van der Waals surface area (Å²) in [4.78, 5) is 0. The monoisotopic (exact) mass is 593 g/mol. The Labute approximate surface area is 317 Å². The first kappa shape index (κ1) is 63.7. The van der Waals surface area contributed by atoms with Crippen LogP contribution in [0.5, 0.6) is 0 Å². The molecule has 0 aromatic rings. The van der Waals surface area contributed by atoms with Crippen molar-refractivity contribution in [3.63, 3.8) is 0 Å². The van der Waals surface area contributed by atoms with Crippen molar-refractivity contribution in [2.45, 2.75) is 122 Å². The SMILES string of the molecule is C1CCOC1.C1CCOC1.C1CCOC1.CC(C)(C)C[O-].CC(C)(C)C[O-].CC(C)(C)C[O-].CC(C)(C)C[O-].[Li+].[Li+].[Li+].[Li+]. The third-order valence-electron chi connectivity index (χ3n) is 4.21. The number of hydrogen-bond donors (Lipinski definition) is 0. The van der Waals surface area contributed by atoms with Gasteiger partial charge in [-0.3, -0.25) is 0 Å². The van der Waals surface area contributed by atoms with Crippen molar-refractivity contribution in [1.82, 2.24) is 0 Å². The average molecular weight is 593 g/mol. The second-order valence-corrected chi connectivity index (χ2v) is 14.8. The van der Waals surface area contributed by atoms with Gasteiger partial charge in [-0.1, -0.05) is 105 Å². The van der Waals surface area contributed by atoms with Gasteiger partial charge in [0.15, 0.2) is 0 Å². The van der Waals surface area contributed by atoms with Crippen LogP contribution in [0.1, 0.15) is 122 Å². The molecule has 3 heterocycles. The van der Waals surface area contributed by atoms with Crippen LogP contribution < -0.4 is 95.9 Å². The maximum Gasteiger partial charge on any atom is 1.00 e. The summed E-state index contributed by atoms with van der Waals surface area (Å²) in [7, 11) is 0. The molecule has 0 aromatic carbocycles. The van der Waals surface area contributed by atoms with Crippen molar-refractivity contribution in [1.29, 1.82) is 0 Å². The maximum absolute atomic E-state index is 9.95. The molecule has 3 aliphatic rings. The molecule has 0 amide bonds. The first-order chi connectivity index (χ1) is 17.7. The molecule has 0 bridgehead atoms. The third kappa shape index (κ3) is 92.3. The van der Waals surface area contributed by atoms with Crippen molar-refractivity contribution in [3.05, 3.63) is 0 Å². The topological polar surface area (TPSA) is 120 Å². The van der Waals surface area contributed by atoms with Gasteiger partial charge in [0.2, 0.25) is 0 Å². The fourth-order valence-electron chi connectivity index (χ4n) is 1.53. The molecule has 0 spiro atoms. The molecule has 242 valence electrons. The minimum atomic E-state index is -0.0139. The smallest absolute Gasteiger partial charge is 0.854 e. The summed E-state index contributed by atoms with van der Waals surface area (Å²) in [5.41, 5.74) is -0.0556. The minimum absolute atomic E-state index is 0. The molecule has 7 nitrogen and oxygen atoms in total. The van der Waals surface area contributed by atoms with Gasteiger partial charge in [-0.25, -0.2) is 0 Å². The van der Waals surface area contributed by atoms with Crippen molar-refractivity contribution >= 4 is 0 Å². The molecule has 3 saturated heterocycles. The van der Waals surface area contributed by atoms with E-state index in [2.05, 4.69) is 0 Å². The van der Waals surface area contributed by atoms with Crippen LogP contribution in [-0.4, -0.2) is 66.1 Å². The van der Waals surface area contributed by atoms with Gasteiger partial charge < -0.3 is 34.6 Å². The molecule has 3 fully saturated rings. The van der Waals surface area contributed by atoms with E-state index in [4.69, 9.17) is 14.2 Å². The van der Waals surface area contributed by atoms with Crippen molar-refractivity contribution < 1.29 is 110 Å². The Kier molecular flexibility index (Phi) is 59.7. The normalized spacial score (nSPS) is 15.1. The average Bonchev–Trinajstić information content (AvgIpc) is 3.65. The summed E-state index contributed by atoms with van der Waals surface area (Å²) in [6, 6.07) is 0. The summed E-state index contributed by atoms with van der Waals surface area (Å²) in [6.45, 7) is 29.3. The zero-order valence-electron chi connectivity index (χ0n) is 32.2. The van der Waals surface area contributed by atoms with Crippen LogP contribution in [0.3, 0.4) is 0 Å². The summed E-state index contributed by atoms with van der Waals surface area (Å²) in [5.74, 6) is 0. The zero-order chi connectivity index (χ0) is 31.4. The van der Waals surface area contributed by atoms with Crippen molar-refractivity contribution in [2.75, 3.05) is 66.1 Å². The molecule has 0 unspecified atom stereocenters. The van der Waals surface area contributed by atoms with Crippen LogP contribution in [0.25, 0.3) is 0 Å². The van der Waals surface area contributed by atoms with E-state index < -0.39 is 0 Å². The Hall–Kier alpha value is 2.11. The maximum atomic E-state index is 9.95. The van der Waals surface area contributed by atoms with Gasteiger partial charge in [-0.15, -0.1) is 26.4 Å². The minimum Gasteiger partial charge on any atom is -0.854 e. The Morgan fingerprint density at radius 3 is 0.442 bits per heavy atom. The van der Waals surface area contributed by atoms with Crippen molar-refractivity contribution in [2.24, 2.45) is 21.7 Å². The first-order valence-corrected chi connectivity index (χ1v) is 14.8. The van der Waals surface area contributed by atoms with Crippen LogP contribution in [0.4, 0.5) is 0 Å². The molecule has 3 aliphatic heterocycles. The Morgan fingerprint density at radius 2 is 0.419 bits per heavy atom. The van der Waals surface area contributed by atoms with Gasteiger partial charge in [0.1, 0.15) is 0 Å². The quantitative estimate of drug-likeness (QED) is 0.257. The van der Waals surface area contributed by atoms with Crippen molar-refractivity contribution in [3.8, 4) is 0 Å². The zero-order valence-corrected chi connectivity index (χ0v) is 32.2. The van der Waals surface area contributed by atoms with E-state index in [9.17, 15) is 20.4 Å². The van der Waals surface area contributed by atoms with Gasteiger partial charge in [-0.2, -0.15) is 0 Å². The molecule has 0 radical (unpaired) electrons. The standard InChI is InChI=1S/4C5H11O.3C4H8O.4Li/c4*1-5(2,3)4-6;3*1-2-4-5-3-1;;;;/h4*4H2,1-3H3;3*1-4H2;;;;/q4*-1;;;;4*+1. The fraction of sp³-hybridized carbons (Fsp3) is 1.00. The largest absolute Gasteiger partial charge is 1.00 e. The molecule has 0 aromatic heterocycles. The predicted octanol–water partition coefficient (Wildman–Crippen LogP) is -8.02. The molecular weight excluding hydrogens is 524 g/mol.